The molecule has 0 aromatic heterocycles. The monoisotopic (exact) mass is 427 g/mol. The molecule has 0 bridgehead atoms. The number of ether oxygens (including phenoxy) is 1. The smallest absolute Gasteiger partial charge is 0.261 e. The lowest BCUT2D eigenvalue weighted by Gasteiger charge is -2.12. The van der Waals surface area contributed by atoms with E-state index in [0.29, 0.717) is 10.8 Å². The van der Waals surface area contributed by atoms with Gasteiger partial charge >= 0.3 is 0 Å². The number of anilines is 3. The molecule has 0 aliphatic rings. The normalized spacial score (nSPS) is 10.8. The maximum Gasteiger partial charge on any atom is 0.261 e. The van der Waals surface area contributed by atoms with E-state index >= 15 is 0 Å². The lowest BCUT2D eigenvalue weighted by molar-refractivity contribution is 0.415. The highest BCUT2D eigenvalue weighted by atomic mass is 32.2. The van der Waals surface area contributed by atoms with Crippen LogP contribution in [0.2, 0.25) is 0 Å². The second kappa shape index (κ2) is 8.93. The topological polar surface area (TPSA) is 79.5 Å². The molecule has 0 heterocycles. The summed E-state index contributed by atoms with van der Waals surface area (Å²) in [4.78, 5) is 0.218. The fraction of sp³-hybridized carbons (Fsp3) is 0.0952. The van der Waals surface area contributed by atoms with Gasteiger partial charge in [0.2, 0.25) is 0 Å². The molecule has 0 fully saturated rings. The molecule has 0 spiro atoms. The van der Waals surface area contributed by atoms with Gasteiger partial charge < -0.3 is 15.4 Å². The van der Waals surface area contributed by atoms with Crippen molar-refractivity contribution in [3.63, 3.8) is 0 Å². The van der Waals surface area contributed by atoms with E-state index in [-0.39, 0.29) is 4.90 Å². The predicted octanol–water partition coefficient (Wildman–Crippen LogP) is 4.61. The molecule has 3 rings (SSSR count). The lowest BCUT2D eigenvalue weighted by Crippen LogP contribution is -2.19. The average Bonchev–Trinajstić information content (AvgIpc) is 2.70. The molecule has 0 saturated heterocycles. The van der Waals surface area contributed by atoms with Crippen molar-refractivity contribution in [3.05, 3.63) is 78.4 Å². The van der Waals surface area contributed by atoms with Crippen LogP contribution in [0, 0.1) is 6.92 Å². The molecular formula is C21H21N3O3S2. The average molecular weight is 428 g/mol. The summed E-state index contributed by atoms with van der Waals surface area (Å²) in [6.45, 7) is 1.91. The summed E-state index contributed by atoms with van der Waals surface area (Å²) in [5.74, 6) is 0.762. The minimum absolute atomic E-state index is 0.218. The maximum atomic E-state index is 12.5. The Labute approximate surface area is 176 Å². The number of thiocarbonyl (C=S) groups is 1. The Hall–Kier alpha value is -3.10. The quantitative estimate of drug-likeness (QED) is 0.499. The van der Waals surface area contributed by atoms with Crippen LogP contribution in [0.3, 0.4) is 0 Å². The zero-order chi connectivity index (χ0) is 20.9. The van der Waals surface area contributed by atoms with Gasteiger partial charge in [0, 0.05) is 17.1 Å². The highest BCUT2D eigenvalue weighted by molar-refractivity contribution is 7.92. The Bertz CT molecular complexity index is 1080. The van der Waals surface area contributed by atoms with E-state index < -0.39 is 10.0 Å². The van der Waals surface area contributed by atoms with Gasteiger partial charge in [-0.15, -0.1) is 0 Å². The first-order chi connectivity index (χ1) is 13.9. The van der Waals surface area contributed by atoms with Gasteiger partial charge in [0.1, 0.15) is 5.75 Å². The molecule has 29 heavy (non-hydrogen) atoms. The Balaban J connectivity index is 1.60. The number of aryl methyl sites for hydroxylation is 1. The molecule has 6 nitrogen and oxygen atoms in total. The summed E-state index contributed by atoms with van der Waals surface area (Å²) in [5, 5.41) is 6.55. The molecule has 150 valence electrons. The number of sulfonamides is 1. The third-order valence-corrected chi connectivity index (χ3v) is 5.68. The zero-order valence-corrected chi connectivity index (χ0v) is 17.6. The van der Waals surface area contributed by atoms with Gasteiger partial charge in [0.15, 0.2) is 5.11 Å². The first-order valence-corrected chi connectivity index (χ1v) is 10.7. The van der Waals surface area contributed by atoms with E-state index in [4.69, 9.17) is 17.0 Å². The van der Waals surface area contributed by atoms with Crippen LogP contribution < -0.4 is 20.1 Å². The third kappa shape index (κ3) is 5.69. The van der Waals surface area contributed by atoms with Crippen molar-refractivity contribution in [2.75, 3.05) is 22.5 Å². The van der Waals surface area contributed by atoms with Crippen molar-refractivity contribution >= 4 is 44.4 Å². The predicted molar refractivity (Wildman–Crippen MR) is 121 cm³/mol. The van der Waals surface area contributed by atoms with E-state index in [1.807, 2.05) is 31.2 Å². The first kappa shape index (κ1) is 20.6. The number of nitrogens with one attached hydrogen (secondary N) is 3. The second-order valence-corrected chi connectivity index (χ2v) is 8.39. The number of benzene rings is 3. The Morgan fingerprint density at radius 2 is 1.28 bits per heavy atom. The molecule has 0 unspecified atom stereocenters. The molecule has 8 heteroatoms. The second-order valence-electron chi connectivity index (χ2n) is 6.30. The summed E-state index contributed by atoms with van der Waals surface area (Å²) < 4.78 is 32.6. The molecule has 3 N–H and O–H groups in total. The van der Waals surface area contributed by atoms with Gasteiger partial charge in [-0.3, -0.25) is 4.72 Å². The number of rotatable bonds is 6. The van der Waals surface area contributed by atoms with Gasteiger partial charge in [-0.1, -0.05) is 17.7 Å². The number of hydrogen-bond donors (Lipinski definition) is 3. The van der Waals surface area contributed by atoms with Crippen molar-refractivity contribution in [2.24, 2.45) is 0 Å². The van der Waals surface area contributed by atoms with Crippen molar-refractivity contribution in [2.45, 2.75) is 11.8 Å². The van der Waals surface area contributed by atoms with Gasteiger partial charge in [-0.25, -0.2) is 8.42 Å². The minimum Gasteiger partial charge on any atom is -0.497 e. The molecule has 0 aliphatic heterocycles. The number of hydrogen-bond acceptors (Lipinski definition) is 4. The van der Waals surface area contributed by atoms with Gasteiger partial charge in [-0.05, 0) is 79.8 Å². The van der Waals surface area contributed by atoms with Crippen molar-refractivity contribution < 1.29 is 13.2 Å². The summed E-state index contributed by atoms with van der Waals surface area (Å²) >= 11 is 5.31. The fourth-order valence-corrected chi connectivity index (χ4v) is 3.82. The molecule has 0 aliphatic carbocycles. The Morgan fingerprint density at radius 3 is 1.79 bits per heavy atom. The zero-order valence-electron chi connectivity index (χ0n) is 16.0. The van der Waals surface area contributed by atoms with Crippen LogP contribution in [-0.2, 0) is 10.0 Å². The molecule has 3 aromatic carbocycles. The third-order valence-electron chi connectivity index (χ3n) is 4.07. The molecule has 0 atom stereocenters. The lowest BCUT2D eigenvalue weighted by atomic mass is 10.2. The van der Waals surface area contributed by atoms with E-state index in [0.717, 1.165) is 22.7 Å². The van der Waals surface area contributed by atoms with Crippen molar-refractivity contribution in [1.29, 1.82) is 0 Å². The van der Waals surface area contributed by atoms with Gasteiger partial charge in [-0.2, -0.15) is 0 Å². The van der Waals surface area contributed by atoms with E-state index in [9.17, 15) is 8.42 Å². The fourth-order valence-electron chi connectivity index (χ4n) is 2.52. The number of methoxy groups -OCH3 is 1. The summed E-state index contributed by atoms with van der Waals surface area (Å²) in [7, 11) is -2.02. The molecule has 0 saturated carbocycles. The molecule has 0 radical (unpaired) electrons. The Kier molecular flexibility index (Phi) is 6.36. The van der Waals surface area contributed by atoms with Crippen LogP contribution in [0.5, 0.6) is 5.75 Å². The highest BCUT2D eigenvalue weighted by Gasteiger charge is 2.13. The van der Waals surface area contributed by atoms with Crippen LogP contribution in [0.1, 0.15) is 5.56 Å². The molecule has 0 amide bonds. The van der Waals surface area contributed by atoms with Crippen molar-refractivity contribution in [1.82, 2.24) is 0 Å². The standard InChI is InChI=1S/C21H21N3O3S2/c1-15-3-13-20(14-4-15)29(25,26)24-18-7-5-16(6-8-18)22-21(28)23-17-9-11-19(27-2)12-10-17/h3-14,24H,1-2H3,(H2,22,23,28). The van der Waals surface area contributed by atoms with Crippen LogP contribution in [0.25, 0.3) is 0 Å². The van der Waals surface area contributed by atoms with Crippen LogP contribution >= 0.6 is 12.2 Å². The summed E-state index contributed by atoms with van der Waals surface area (Å²) in [6, 6.07) is 20.9. The Morgan fingerprint density at radius 1 is 0.793 bits per heavy atom. The van der Waals surface area contributed by atoms with Crippen LogP contribution in [0.15, 0.2) is 77.7 Å². The van der Waals surface area contributed by atoms with Crippen molar-refractivity contribution in [3.8, 4) is 5.75 Å². The summed E-state index contributed by atoms with van der Waals surface area (Å²) in [6.07, 6.45) is 0. The largest absolute Gasteiger partial charge is 0.497 e. The first-order valence-electron chi connectivity index (χ1n) is 8.77. The highest BCUT2D eigenvalue weighted by Crippen LogP contribution is 2.20. The molecule has 3 aromatic rings. The van der Waals surface area contributed by atoms with E-state index in [2.05, 4.69) is 15.4 Å². The van der Waals surface area contributed by atoms with Crippen LogP contribution in [-0.4, -0.2) is 20.6 Å². The van der Waals surface area contributed by atoms with E-state index in [1.165, 1.54) is 0 Å². The minimum atomic E-state index is -3.63. The van der Waals surface area contributed by atoms with E-state index in [1.54, 1.807) is 55.6 Å². The summed E-state index contributed by atoms with van der Waals surface area (Å²) in [5.41, 5.74) is 3.02. The maximum absolute atomic E-state index is 12.5. The van der Waals surface area contributed by atoms with Gasteiger partial charge in [0.25, 0.3) is 10.0 Å². The SMILES string of the molecule is COc1ccc(NC(=S)Nc2ccc(NS(=O)(=O)c3ccc(C)cc3)cc2)cc1. The molecular weight excluding hydrogens is 406 g/mol. The van der Waals surface area contributed by atoms with Gasteiger partial charge in [0.05, 0.1) is 12.0 Å². The van der Waals surface area contributed by atoms with Crippen LogP contribution in [0.4, 0.5) is 17.1 Å².